The van der Waals surface area contributed by atoms with Crippen molar-refractivity contribution in [1.82, 2.24) is 0 Å². The Hall–Kier alpha value is -2.47. The van der Waals surface area contributed by atoms with Gasteiger partial charge in [-0.3, -0.25) is 9.59 Å². The van der Waals surface area contributed by atoms with Crippen molar-refractivity contribution in [2.45, 2.75) is 6.42 Å². The molecule has 1 amide bonds. The van der Waals surface area contributed by atoms with Gasteiger partial charge in [-0.15, -0.1) is 0 Å². The van der Waals surface area contributed by atoms with Crippen LogP contribution in [0.3, 0.4) is 0 Å². The summed E-state index contributed by atoms with van der Waals surface area (Å²) in [7, 11) is 0. The number of esters is 1. The molecule has 0 radical (unpaired) electrons. The van der Waals surface area contributed by atoms with Crippen molar-refractivity contribution in [3.05, 3.63) is 64.7 Å². The molecular weight excluding hydrogens is 328 g/mol. The van der Waals surface area contributed by atoms with E-state index in [2.05, 4.69) is 5.32 Å². The number of hydrogen-bond donors (Lipinski definition) is 1. The molecule has 0 aliphatic carbocycles. The monoisotopic (exact) mass is 339 g/mol. The molecule has 0 saturated carbocycles. The Labute approximate surface area is 136 Å². The predicted octanol–water partition coefficient (Wildman–Crippen LogP) is 3.34. The third-order valence-electron chi connectivity index (χ3n) is 2.83. The van der Waals surface area contributed by atoms with E-state index in [4.69, 9.17) is 16.3 Å². The lowest BCUT2D eigenvalue weighted by molar-refractivity contribution is -0.146. The van der Waals surface area contributed by atoms with E-state index in [0.29, 0.717) is 5.56 Å². The number of carbonyl (C=O) groups is 2. The van der Waals surface area contributed by atoms with Crippen LogP contribution in [0.5, 0.6) is 0 Å². The molecule has 0 saturated heterocycles. The molecule has 2 rings (SSSR count). The maximum Gasteiger partial charge on any atom is 0.310 e. The third kappa shape index (κ3) is 5.34. The fraction of sp³-hybridized carbons (Fsp3) is 0.125. The lowest BCUT2D eigenvalue weighted by atomic mass is 10.1. The number of carbonyl (C=O) groups excluding carboxylic acids is 2. The summed E-state index contributed by atoms with van der Waals surface area (Å²) in [6.07, 6.45) is -0.0785. The summed E-state index contributed by atoms with van der Waals surface area (Å²) < 4.78 is 30.4. The van der Waals surface area contributed by atoms with E-state index in [9.17, 15) is 18.4 Å². The van der Waals surface area contributed by atoms with Gasteiger partial charge in [0.2, 0.25) is 0 Å². The molecule has 2 aromatic carbocycles. The van der Waals surface area contributed by atoms with E-state index in [-0.39, 0.29) is 17.1 Å². The number of halogens is 3. The number of amides is 1. The summed E-state index contributed by atoms with van der Waals surface area (Å²) in [5, 5.41) is 2.44. The summed E-state index contributed by atoms with van der Waals surface area (Å²) in [6, 6.07) is 8.86. The number of anilines is 1. The van der Waals surface area contributed by atoms with Crippen LogP contribution in [0.2, 0.25) is 5.02 Å². The summed E-state index contributed by atoms with van der Waals surface area (Å²) in [6.45, 7) is -0.506. The van der Waals surface area contributed by atoms with Gasteiger partial charge in [-0.2, -0.15) is 0 Å². The van der Waals surface area contributed by atoms with Crippen LogP contribution in [0.4, 0.5) is 14.5 Å². The molecule has 0 unspecified atom stereocenters. The molecule has 23 heavy (non-hydrogen) atoms. The van der Waals surface area contributed by atoms with Gasteiger partial charge in [-0.05, 0) is 35.9 Å². The quantitative estimate of drug-likeness (QED) is 0.850. The predicted molar refractivity (Wildman–Crippen MR) is 81.1 cm³/mol. The Kier molecular flexibility index (Phi) is 5.65. The van der Waals surface area contributed by atoms with Gasteiger partial charge in [-0.1, -0.05) is 23.7 Å². The van der Waals surface area contributed by atoms with Gasteiger partial charge in [0.05, 0.1) is 17.1 Å². The van der Waals surface area contributed by atoms with Gasteiger partial charge in [-0.25, -0.2) is 8.78 Å². The zero-order valence-corrected chi connectivity index (χ0v) is 12.6. The minimum atomic E-state index is -0.628. The summed E-state index contributed by atoms with van der Waals surface area (Å²) in [5.74, 6) is -2.17. The van der Waals surface area contributed by atoms with Crippen LogP contribution in [0.25, 0.3) is 0 Å². The Bertz CT molecular complexity index is 720. The molecule has 0 aliphatic heterocycles. The van der Waals surface area contributed by atoms with E-state index in [1.54, 1.807) is 0 Å². The first kappa shape index (κ1) is 16.9. The topological polar surface area (TPSA) is 55.4 Å². The number of rotatable bonds is 5. The van der Waals surface area contributed by atoms with Crippen molar-refractivity contribution in [2.75, 3.05) is 11.9 Å². The molecule has 1 N–H and O–H groups in total. The highest BCUT2D eigenvalue weighted by Crippen LogP contribution is 2.22. The summed E-state index contributed by atoms with van der Waals surface area (Å²) in [5.41, 5.74) is 0.783. The Morgan fingerprint density at radius 1 is 1.04 bits per heavy atom. The Morgan fingerprint density at radius 2 is 1.70 bits per heavy atom. The van der Waals surface area contributed by atoms with Crippen LogP contribution in [0.1, 0.15) is 5.56 Å². The number of nitrogens with one attached hydrogen (secondary N) is 1. The smallest absolute Gasteiger partial charge is 0.310 e. The third-order valence-corrected chi connectivity index (χ3v) is 3.14. The van der Waals surface area contributed by atoms with E-state index in [1.165, 1.54) is 30.3 Å². The first-order valence-corrected chi connectivity index (χ1v) is 6.97. The van der Waals surface area contributed by atoms with Crippen LogP contribution in [0.15, 0.2) is 42.5 Å². The summed E-state index contributed by atoms with van der Waals surface area (Å²) >= 11 is 5.76. The fourth-order valence-electron chi connectivity index (χ4n) is 1.74. The Balaban J connectivity index is 1.81. The van der Waals surface area contributed by atoms with Crippen molar-refractivity contribution in [2.24, 2.45) is 0 Å². The second kappa shape index (κ2) is 7.69. The molecule has 4 nitrogen and oxygen atoms in total. The number of benzene rings is 2. The van der Waals surface area contributed by atoms with E-state index >= 15 is 0 Å². The first-order chi connectivity index (χ1) is 10.9. The van der Waals surface area contributed by atoms with E-state index < -0.39 is 30.1 Å². The molecular formula is C16H12ClF2NO3. The van der Waals surface area contributed by atoms with Crippen molar-refractivity contribution in [1.29, 1.82) is 0 Å². The number of hydrogen-bond acceptors (Lipinski definition) is 3. The molecule has 7 heteroatoms. The van der Waals surface area contributed by atoms with Crippen molar-refractivity contribution in [3.8, 4) is 0 Å². The normalized spacial score (nSPS) is 10.2. The van der Waals surface area contributed by atoms with Gasteiger partial charge in [0.15, 0.2) is 6.61 Å². The van der Waals surface area contributed by atoms with E-state index in [0.717, 1.165) is 12.1 Å². The van der Waals surface area contributed by atoms with Crippen molar-refractivity contribution < 1.29 is 23.1 Å². The second-order valence-corrected chi connectivity index (χ2v) is 5.04. The second-order valence-electron chi connectivity index (χ2n) is 4.64. The average molecular weight is 340 g/mol. The average Bonchev–Trinajstić information content (AvgIpc) is 2.50. The van der Waals surface area contributed by atoms with Gasteiger partial charge in [0.25, 0.3) is 5.91 Å². The molecule has 0 aliphatic rings. The lowest BCUT2D eigenvalue weighted by Gasteiger charge is -2.08. The van der Waals surface area contributed by atoms with Gasteiger partial charge < -0.3 is 10.1 Å². The van der Waals surface area contributed by atoms with Gasteiger partial charge in [0, 0.05) is 0 Å². The van der Waals surface area contributed by atoms with Crippen molar-refractivity contribution >= 4 is 29.2 Å². The van der Waals surface area contributed by atoms with E-state index in [1.807, 2.05) is 0 Å². The molecule has 0 bridgehead atoms. The molecule has 0 heterocycles. The molecule has 2 aromatic rings. The molecule has 0 aromatic heterocycles. The molecule has 120 valence electrons. The standard InChI is InChI=1S/C16H12ClF2NO3/c17-13-8-12(19)5-6-14(13)20-15(21)9-23-16(22)7-10-1-3-11(18)4-2-10/h1-6,8H,7,9H2,(H,20,21). The lowest BCUT2D eigenvalue weighted by Crippen LogP contribution is -2.21. The van der Waals surface area contributed by atoms with Crippen LogP contribution in [0, 0.1) is 11.6 Å². The molecule has 0 fully saturated rings. The number of ether oxygens (including phenoxy) is 1. The summed E-state index contributed by atoms with van der Waals surface area (Å²) in [4.78, 5) is 23.3. The highest BCUT2D eigenvalue weighted by Gasteiger charge is 2.11. The van der Waals surface area contributed by atoms with Crippen LogP contribution in [-0.2, 0) is 20.7 Å². The van der Waals surface area contributed by atoms with Crippen LogP contribution in [-0.4, -0.2) is 18.5 Å². The Morgan fingerprint density at radius 3 is 2.35 bits per heavy atom. The van der Waals surface area contributed by atoms with Crippen LogP contribution >= 0.6 is 11.6 Å². The maximum atomic E-state index is 12.9. The zero-order valence-electron chi connectivity index (χ0n) is 11.8. The molecule has 0 atom stereocenters. The fourth-order valence-corrected chi connectivity index (χ4v) is 1.96. The molecule has 0 spiro atoms. The SMILES string of the molecule is O=C(COC(=O)Cc1ccc(F)cc1)Nc1ccc(F)cc1Cl. The first-order valence-electron chi connectivity index (χ1n) is 6.59. The van der Waals surface area contributed by atoms with Gasteiger partial charge in [0.1, 0.15) is 11.6 Å². The maximum absolute atomic E-state index is 12.9. The van der Waals surface area contributed by atoms with Gasteiger partial charge >= 0.3 is 5.97 Å². The largest absolute Gasteiger partial charge is 0.455 e. The highest BCUT2D eigenvalue weighted by atomic mass is 35.5. The zero-order chi connectivity index (χ0) is 16.8. The highest BCUT2D eigenvalue weighted by molar-refractivity contribution is 6.33. The minimum Gasteiger partial charge on any atom is -0.455 e. The minimum absolute atomic E-state index is 0.0380. The van der Waals surface area contributed by atoms with Crippen LogP contribution < -0.4 is 5.32 Å². The van der Waals surface area contributed by atoms with Crippen molar-refractivity contribution in [3.63, 3.8) is 0 Å².